The van der Waals surface area contributed by atoms with E-state index in [9.17, 15) is 22.8 Å². The van der Waals surface area contributed by atoms with E-state index in [1.165, 1.54) is 0 Å². The fourth-order valence-corrected chi connectivity index (χ4v) is 0.635. The number of aryl methyl sites for hydroxylation is 1. The zero-order chi connectivity index (χ0) is 10.9. The van der Waals surface area contributed by atoms with Crippen molar-refractivity contribution in [3.8, 4) is 5.88 Å². The first kappa shape index (κ1) is 10.3. The van der Waals surface area contributed by atoms with Crippen molar-refractivity contribution in [2.45, 2.75) is 6.36 Å². The van der Waals surface area contributed by atoms with Gasteiger partial charge in [0.1, 0.15) is 0 Å². The fraction of sp³-hybridized carbons (Fsp3) is 0.400. The molecule has 1 aromatic heterocycles. The summed E-state index contributed by atoms with van der Waals surface area (Å²) >= 11 is 0. The Kier molecular flexibility index (Phi) is 2.32. The molecule has 0 unspecified atom stereocenters. The maximum atomic E-state index is 11.7. The Hall–Kier alpha value is -1.80. The van der Waals surface area contributed by atoms with E-state index in [0.717, 1.165) is 7.05 Å². The van der Waals surface area contributed by atoms with Gasteiger partial charge in [0.2, 0.25) is 0 Å². The molecule has 0 fully saturated rings. The van der Waals surface area contributed by atoms with E-state index in [-0.39, 0.29) is 0 Å². The monoisotopic (exact) mass is 211 g/mol. The van der Waals surface area contributed by atoms with E-state index in [4.69, 9.17) is 0 Å². The lowest BCUT2D eigenvalue weighted by atomic mass is 10.8. The molecule has 0 aliphatic carbocycles. The summed E-state index contributed by atoms with van der Waals surface area (Å²) in [5, 5.41) is 2.98. The number of halogens is 3. The Morgan fingerprint density at radius 3 is 2.50 bits per heavy atom. The molecular formula is C5H4F3N3O3. The van der Waals surface area contributed by atoms with Gasteiger partial charge in [-0.25, -0.2) is 9.48 Å². The Balaban J connectivity index is 3.18. The Morgan fingerprint density at radius 1 is 1.43 bits per heavy atom. The van der Waals surface area contributed by atoms with Crippen molar-refractivity contribution in [2.24, 2.45) is 7.05 Å². The van der Waals surface area contributed by atoms with E-state index in [0.29, 0.717) is 4.68 Å². The van der Waals surface area contributed by atoms with E-state index < -0.39 is 23.5 Å². The number of hydrogen-bond donors (Lipinski definition) is 1. The molecule has 1 heterocycles. The fourth-order valence-electron chi connectivity index (χ4n) is 0.635. The summed E-state index contributed by atoms with van der Waals surface area (Å²) in [7, 11) is 1.07. The second kappa shape index (κ2) is 3.16. The van der Waals surface area contributed by atoms with E-state index in [1.807, 2.05) is 0 Å². The highest BCUT2D eigenvalue weighted by molar-refractivity contribution is 4.99. The van der Waals surface area contributed by atoms with E-state index in [2.05, 4.69) is 9.84 Å². The third-order valence-electron chi connectivity index (χ3n) is 1.16. The van der Waals surface area contributed by atoms with Gasteiger partial charge < -0.3 is 4.74 Å². The lowest BCUT2D eigenvalue weighted by Gasteiger charge is -2.06. The maximum Gasteiger partial charge on any atom is 0.574 e. The number of aromatic amines is 1. The second-order valence-electron chi connectivity index (χ2n) is 2.24. The number of nitrogens with zero attached hydrogens (tertiary/aromatic N) is 2. The van der Waals surface area contributed by atoms with Crippen LogP contribution in [0, 0.1) is 0 Å². The average molecular weight is 211 g/mol. The van der Waals surface area contributed by atoms with Crippen molar-refractivity contribution in [3.05, 3.63) is 20.8 Å². The molecule has 0 spiro atoms. The number of ether oxygens (including phenoxy) is 1. The summed E-state index contributed by atoms with van der Waals surface area (Å²) in [5.74, 6) is -1.22. The Bertz CT molecular complexity index is 446. The minimum absolute atomic E-state index is 0.516. The van der Waals surface area contributed by atoms with Crippen LogP contribution in [0.2, 0.25) is 0 Å². The second-order valence-corrected chi connectivity index (χ2v) is 2.24. The normalized spacial score (nSPS) is 11.4. The van der Waals surface area contributed by atoms with Crippen LogP contribution in [0.4, 0.5) is 13.2 Å². The van der Waals surface area contributed by atoms with Crippen molar-refractivity contribution < 1.29 is 17.9 Å². The van der Waals surface area contributed by atoms with Gasteiger partial charge >= 0.3 is 23.5 Å². The molecule has 1 aromatic rings. The number of alkyl halides is 3. The van der Waals surface area contributed by atoms with Gasteiger partial charge in [0, 0.05) is 7.05 Å². The molecule has 0 bridgehead atoms. The van der Waals surface area contributed by atoms with Crippen LogP contribution >= 0.6 is 0 Å². The third kappa shape index (κ3) is 2.34. The lowest BCUT2D eigenvalue weighted by Crippen LogP contribution is -2.33. The maximum absolute atomic E-state index is 11.7. The van der Waals surface area contributed by atoms with Gasteiger partial charge in [-0.2, -0.15) is 0 Å². The zero-order valence-corrected chi connectivity index (χ0v) is 6.75. The summed E-state index contributed by atoms with van der Waals surface area (Å²) in [6, 6.07) is 0. The third-order valence-corrected chi connectivity index (χ3v) is 1.16. The summed E-state index contributed by atoms with van der Waals surface area (Å²) < 4.78 is 38.7. The molecule has 9 heteroatoms. The van der Waals surface area contributed by atoms with Crippen LogP contribution < -0.4 is 16.0 Å². The largest absolute Gasteiger partial charge is 0.574 e. The number of rotatable bonds is 1. The highest BCUT2D eigenvalue weighted by Gasteiger charge is 2.33. The molecule has 0 radical (unpaired) electrons. The molecule has 0 saturated heterocycles. The summed E-state index contributed by atoms with van der Waals surface area (Å²) in [5.41, 5.74) is -2.25. The average Bonchev–Trinajstić information content (AvgIpc) is 1.97. The molecule has 0 aliphatic heterocycles. The smallest absolute Gasteiger partial charge is 0.380 e. The van der Waals surface area contributed by atoms with Crippen LogP contribution in [0.15, 0.2) is 9.59 Å². The summed E-state index contributed by atoms with van der Waals surface area (Å²) in [4.78, 5) is 23.0. The van der Waals surface area contributed by atoms with Crippen molar-refractivity contribution in [3.63, 3.8) is 0 Å². The SMILES string of the molecule is Cn1nc(OC(F)(F)F)c(=O)[nH]c1=O. The number of H-pyrrole nitrogens is 1. The predicted octanol–water partition coefficient (Wildman–Crippen LogP) is -0.633. The highest BCUT2D eigenvalue weighted by atomic mass is 19.4. The molecule has 1 N–H and O–H groups in total. The Morgan fingerprint density at radius 2 is 2.00 bits per heavy atom. The molecule has 1 rings (SSSR count). The zero-order valence-electron chi connectivity index (χ0n) is 6.75. The quantitative estimate of drug-likeness (QED) is 0.670. The number of hydrogen-bond acceptors (Lipinski definition) is 4. The van der Waals surface area contributed by atoms with Crippen LogP contribution in [0.25, 0.3) is 0 Å². The number of nitrogens with one attached hydrogen (secondary N) is 1. The van der Waals surface area contributed by atoms with Gasteiger partial charge in [-0.1, -0.05) is 0 Å². The van der Waals surface area contributed by atoms with Crippen LogP contribution in [0.1, 0.15) is 0 Å². The van der Waals surface area contributed by atoms with Gasteiger partial charge in [0.25, 0.3) is 0 Å². The van der Waals surface area contributed by atoms with Gasteiger partial charge in [-0.15, -0.1) is 18.3 Å². The standard InChI is InChI=1S/C5H4F3N3O3/c1-11-4(13)9-2(12)3(10-11)14-5(6,7)8/h1H3,(H,9,12,13). The van der Waals surface area contributed by atoms with Gasteiger partial charge in [0.05, 0.1) is 0 Å². The lowest BCUT2D eigenvalue weighted by molar-refractivity contribution is -0.277. The van der Waals surface area contributed by atoms with Crippen LogP contribution in [0.3, 0.4) is 0 Å². The molecule has 0 amide bonds. The predicted molar refractivity (Wildman–Crippen MR) is 36.8 cm³/mol. The van der Waals surface area contributed by atoms with Gasteiger partial charge in [0.15, 0.2) is 0 Å². The molecule has 0 atom stereocenters. The van der Waals surface area contributed by atoms with Crippen molar-refractivity contribution in [2.75, 3.05) is 0 Å². The summed E-state index contributed by atoms with van der Waals surface area (Å²) in [6.07, 6.45) is -5.02. The first-order valence-corrected chi connectivity index (χ1v) is 3.23. The van der Waals surface area contributed by atoms with Crippen LogP contribution in [0.5, 0.6) is 5.88 Å². The van der Waals surface area contributed by atoms with Gasteiger partial charge in [-0.3, -0.25) is 9.78 Å². The molecule has 14 heavy (non-hydrogen) atoms. The topological polar surface area (TPSA) is 77.0 Å². The van der Waals surface area contributed by atoms with E-state index >= 15 is 0 Å². The minimum Gasteiger partial charge on any atom is -0.380 e. The van der Waals surface area contributed by atoms with E-state index in [1.54, 1.807) is 4.98 Å². The van der Waals surface area contributed by atoms with Crippen LogP contribution in [-0.2, 0) is 7.05 Å². The molecule has 0 aliphatic rings. The Labute approximate surface area is 73.9 Å². The first-order chi connectivity index (χ1) is 6.29. The van der Waals surface area contributed by atoms with Crippen LogP contribution in [-0.4, -0.2) is 21.1 Å². The van der Waals surface area contributed by atoms with Crippen molar-refractivity contribution in [1.82, 2.24) is 14.8 Å². The van der Waals surface area contributed by atoms with Gasteiger partial charge in [-0.05, 0) is 0 Å². The molecular weight excluding hydrogens is 207 g/mol. The number of aromatic nitrogens is 3. The molecule has 6 nitrogen and oxygen atoms in total. The van der Waals surface area contributed by atoms with Crippen molar-refractivity contribution >= 4 is 0 Å². The van der Waals surface area contributed by atoms with Crippen molar-refractivity contribution in [1.29, 1.82) is 0 Å². The molecule has 0 saturated carbocycles. The first-order valence-electron chi connectivity index (χ1n) is 3.23. The molecule has 0 aromatic carbocycles. The molecule has 78 valence electrons. The summed E-state index contributed by atoms with van der Waals surface area (Å²) in [6.45, 7) is 0. The minimum atomic E-state index is -5.02. The highest BCUT2D eigenvalue weighted by Crippen LogP contribution is 2.16.